The number of anilines is 1. The first-order valence-corrected chi connectivity index (χ1v) is 12.2. The molecule has 0 unspecified atom stereocenters. The average Bonchev–Trinajstić information content (AvgIpc) is 3.33. The van der Waals surface area contributed by atoms with Crippen molar-refractivity contribution in [3.8, 4) is 11.4 Å². The molecule has 10 heteroatoms. The van der Waals surface area contributed by atoms with Gasteiger partial charge in [-0.25, -0.2) is 4.79 Å². The predicted molar refractivity (Wildman–Crippen MR) is 123 cm³/mol. The Morgan fingerprint density at radius 2 is 1.97 bits per heavy atom. The molecule has 0 fully saturated rings. The number of aromatic carboxylic acids is 1. The van der Waals surface area contributed by atoms with Crippen molar-refractivity contribution >= 4 is 51.6 Å². The normalized spacial score (nSPS) is 13.1. The summed E-state index contributed by atoms with van der Waals surface area (Å²) in [6.45, 7) is 2.64. The summed E-state index contributed by atoms with van der Waals surface area (Å²) in [5.74, 6) is -0.424. The molecule has 2 heterocycles. The number of thioether (sulfide) groups is 1. The van der Waals surface area contributed by atoms with Crippen molar-refractivity contribution < 1.29 is 14.7 Å². The van der Waals surface area contributed by atoms with Crippen LogP contribution in [-0.2, 0) is 24.2 Å². The number of fused-ring (bicyclic) bond motifs is 1. The number of thiophene rings is 1. The van der Waals surface area contributed by atoms with Gasteiger partial charge in [0.05, 0.1) is 11.3 Å². The summed E-state index contributed by atoms with van der Waals surface area (Å²) in [4.78, 5) is 25.4. The van der Waals surface area contributed by atoms with Crippen LogP contribution >= 0.6 is 34.7 Å². The lowest BCUT2D eigenvalue weighted by molar-refractivity contribution is -0.113. The van der Waals surface area contributed by atoms with Crippen LogP contribution < -0.4 is 5.32 Å². The van der Waals surface area contributed by atoms with Gasteiger partial charge in [-0.2, -0.15) is 0 Å². The van der Waals surface area contributed by atoms with Crippen LogP contribution in [-0.4, -0.2) is 37.5 Å². The molecule has 0 bridgehead atoms. The van der Waals surface area contributed by atoms with Crippen LogP contribution in [0.2, 0.25) is 5.02 Å². The molecule has 1 aliphatic carbocycles. The molecule has 31 heavy (non-hydrogen) atoms. The number of halogens is 1. The Labute approximate surface area is 192 Å². The molecule has 1 aliphatic rings. The highest BCUT2D eigenvalue weighted by Gasteiger charge is 2.26. The number of carboxylic acid groups (broad SMARTS) is 1. The molecule has 7 nitrogen and oxygen atoms in total. The summed E-state index contributed by atoms with van der Waals surface area (Å²) in [6.07, 6.45) is 3.66. The lowest BCUT2D eigenvalue weighted by Crippen LogP contribution is -2.16. The summed E-state index contributed by atoms with van der Waals surface area (Å²) in [7, 11) is 0. The number of hydrogen-bond donors (Lipinski definition) is 2. The van der Waals surface area contributed by atoms with Gasteiger partial charge in [0.2, 0.25) is 5.91 Å². The van der Waals surface area contributed by atoms with E-state index in [0.717, 1.165) is 41.7 Å². The van der Waals surface area contributed by atoms with Gasteiger partial charge in [-0.3, -0.25) is 4.79 Å². The van der Waals surface area contributed by atoms with E-state index < -0.39 is 5.97 Å². The van der Waals surface area contributed by atoms with E-state index in [4.69, 9.17) is 11.6 Å². The standard InChI is InChI=1S/C21H21ClN4O3S2/c1-2-26-18(12-7-9-13(22)10-8-12)24-25-21(26)30-11-16(27)23-19-17(20(28)29)14-5-3-4-6-15(14)31-19/h7-10H,2-6,11H2,1H3,(H,23,27)(H,28,29). The van der Waals surface area contributed by atoms with Crippen LogP contribution in [0.25, 0.3) is 11.4 Å². The zero-order chi connectivity index (χ0) is 22.0. The number of rotatable bonds is 7. The van der Waals surface area contributed by atoms with Crippen LogP contribution in [0.5, 0.6) is 0 Å². The molecule has 0 aliphatic heterocycles. The number of nitrogens with zero attached hydrogens (tertiary/aromatic N) is 3. The number of carbonyl (C=O) groups excluding carboxylic acids is 1. The minimum atomic E-state index is -0.985. The predicted octanol–water partition coefficient (Wildman–Crippen LogP) is 4.99. The fourth-order valence-electron chi connectivity index (χ4n) is 3.67. The maximum Gasteiger partial charge on any atom is 0.339 e. The van der Waals surface area contributed by atoms with Crippen molar-refractivity contribution in [1.29, 1.82) is 0 Å². The van der Waals surface area contributed by atoms with Crippen molar-refractivity contribution in [2.45, 2.75) is 44.3 Å². The minimum Gasteiger partial charge on any atom is -0.478 e. The summed E-state index contributed by atoms with van der Waals surface area (Å²) in [5, 5.41) is 22.7. The third kappa shape index (κ3) is 4.63. The number of carbonyl (C=O) groups is 2. The third-order valence-corrected chi connectivity index (χ3v) is 7.53. The van der Waals surface area contributed by atoms with Crippen LogP contribution in [0.4, 0.5) is 5.00 Å². The van der Waals surface area contributed by atoms with Gasteiger partial charge in [0.15, 0.2) is 11.0 Å². The number of aryl methyl sites for hydroxylation is 1. The van der Waals surface area contributed by atoms with Crippen molar-refractivity contribution in [3.63, 3.8) is 0 Å². The minimum absolute atomic E-state index is 0.111. The highest BCUT2D eigenvalue weighted by Crippen LogP contribution is 2.38. The Hall–Kier alpha value is -2.36. The zero-order valence-electron chi connectivity index (χ0n) is 16.9. The Bertz CT molecular complexity index is 1120. The van der Waals surface area contributed by atoms with Gasteiger partial charge < -0.3 is 15.0 Å². The van der Waals surface area contributed by atoms with E-state index in [1.54, 1.807) is 12.1 Å². The molecule has 0 atom stereocenters. The van der Waals surface area contributed by atoms with E-state index in [2.05, 4.69) is 15.5 Å². The molecular formula is C21H21ClN4O3S2. The van der Waals surface area contributed by atoms with Crippen molar-refractivity contribution in [2.75, 3.05) is 11.1 Å². The van der Waals surface area contributed by atoms with E-state index >= 15 is 0 Å². The smallest absolute Gasteiger partial charge is 0.339 e. The molecule has 0 saturated heterocycles. The fourth-order valence-corrected chi connectivity index (χ4v) is 5.89. The first-order valence-electron chi connectivity index (χ1n) is 9.97. The van der Waals surface area contributed by atoms with E-state index in [9.17, 15) is 14.7 Å². The second kappa shape index (κ2) is 9.42. The average molecular weight is 477 g/mol. The van der Waals surface area contributed by atoms with Crippen molar-refractivity contribution in [2.24, 2.45) is 0 Å². The van der Waals surface area contributed by atoms with Crippen LogP contribution in [0, 0.1) is 0 Å². The molecular weight excluding hydrogens is 456 g/mol. The highest BCUT2D eigenvalue weighted by molar-refractivity contribution is 7.99. The lowest BCUT2D eigenvalue weighted by atomic mass is 9.95. The molecule has 3 aromatic rings. The van der Waals surface area contributed by atoms with Gasteiger partial charge in [-0.1, -0.05) is 23.4 Å². The van der Waals surface area contributed by atoms with Crippen molar-refractivity contribution in [3.05, 3.63) is 45.3 Å². The number of hydrogen-bond acceptors (Lipinski definition) is 6. The molecule has 1 aromatic carbocycles. The molecule has 1 amide bonds. The zero-order valence-corrected chi connectivity index (χ0v) is 19.2. The number of benzene rings is 1. The maximum absolute atomic E-state index is 12.6. The van der Waals surface area contributed by atoms with Gasteiger partial charge in [0.1, 0.15) is 5.00 Å². The molecule has 0 radical (unpaired) electrons. The summed E-state index contributed by atoms with van der Waals surface area (Å²) in [5.41, 5.74) is 2.02. The van der Waals surface area contributed by atoms with E-state index in [1.165, 1.54) is 23.1 Å². The summed E-state index contributed by atoms with van der Waals surface area (Å²) in [6, 6.07) is 7.36. The Morgan fingerprint density at radius 1 is 1.23 bits per heavy atom. The Kier molecular flexibility index (Phi) is 6.64. The summed E-state index contributed by atoms with van der Waals surface area (Å²) < 4.78 is 1.94. The van der Waals surface area contributed by atoms with Gasteiger partial charge in [0, 0.05) is 22.0 Å². The largest absolute Gasteiger partial charge is 0.478 e. The second-order valence-corrected chi connectivity index (χ2v) is 9.60. The van der Waals surface area contributed by atoms with Gasteiger partial charge in [-0.15, -0.1) is 21.5 Å². The van der Waals surface area contributed by atoms with Crippen molar-refractivity contribution in [1.82, 2.24) is 14.8 Å². The first kappa shape index (κ1) is 21.9. The van der Waals surface area contributed by atoms with Gasteiger partial charge in [-0.05, 0) is 62.4 Å². The highest BCUT2D eigenvalue weighted by atomic mass is 35.5. The summed E-state index contributed by atoms with van der Waals surface area (Å²) >= 11 is 8.63. The number of nitrogens with one attached hydrogen (secondary N) is 1. The quantitative estimate of drug-likeness (QED) is 0.466. The molecule has 0 saturated carbocycles. The van der Waals surface area contributed by atoms with E-state index in [0.29, 0.717) is 27.5 Å². The van der Waals surface area contributed by atoms with Crippen LogP contribution in [0.15, 0.2) is 29.4 Å². The third-order valence-electron chi connectivity index (χ3n) is 5.11. The molecule has 162 valence electrons. The van der Waals surface area contributed by atoms with Crippen LogP contribution in [0.3, 0.4) is 0 Å². The molecule has 4 rings (SSSR count). The van der Waals surface area contributed by atoms with E-state index in [-0.39, 0.29) is 17.2 Å². The lowest BCUT2D eigenvalue weighted by Gasteiger charge is -2.10. The van der Waals surface area contributed by atoms with E-state index in [1.807, 2.05) is 23.6 Å². The Morgan fingerprint density at radius 3 is 2.68 bits per heavy atom. The number of aromatic nitrogens is 3. The molecule has 0 spiro atoms. The van der Waals surface area contributed by atoms with Gasteiger partial charge in [0.25, 0.3) is 0 Å². The monoisotopic (exact) mass is 476 g/mol. The number of amides is 1. The SMILES string of the molecule is CCn1c(SCC(=O)Nc2sc3c(c2C(=O)O)CCCC3)nnc1-c1ccc(Cl)cc1. The topological polar surface area (TPSA) is 97.1 Å². The number of carboxylic acids is 1. The fraction of sp³-hybridized carbons (Fsp3) is 0.333. The first-order chi connectivity index (χ1) is 15.0. The maximum atomic E-state index is 12.6. The second-order valence-electron chi connectivity index (χ2n) is 7.11. The Balaban J connectivity index is 1.47. The molecule has 2 N–H and O–H groups in total. The van der Waals surface area contributed by atoms with Gasteiger partial charge >= 0.3 is 5.97 Å². The molecule has 2 aromatic heterocycles. The van der Waals surface area contributed by atoms with Crippen LogP contribution in [0.1, 0.15) is 40.6 Å².